The summed E-state index contributed by atoms with van der Waals surface area (Å²) < 4.78 is 0. The van der Waals surface area contributed by atoms with Crippen LogP contribution in [0.3, 0.4) is 0 Å². The molecule has 1 aliphatic heterocycles. The molecule has 4 bridgehead atoms. The van der Waals surface area contributed by atoms with Crippen molar-refractivity contribution in [3.05, 3.63) is 35.4 Å². The second-order valence-electron chi connectivity index (χ2n) is 9.37. The third kappa shape index (κ3) is 2.90. The maximum Gasteiger partial charge on any atom is 0.226 e. The minimum Gasteiger partial charge on any atom is -0.305 e. The van der Waals surface area contributed by atoms with Gasteiger partial charge in [-0.05, 0) is 73.7 Å². The van der Waals surface area contributed by atoms with E-state index in [4.69, 9.17) is 0 Å². The van der Waals surface area contributed by atoms with E-state index in [0.29, 0.717) is 11.8 Å². The van der Waals surface area contributed by atoms with E-state index in [0.717, 1.165) is 29.3 Å². The highest BCUT2D eigenvalue weighted by Gasteiger charge is 2.58. The fourth-order valence-corrected chi connectivity index (χ4v) is 7.56. The molecule has 0 radical (unpaired) electrons. The van der Waals surface area contributed by atoms with E-state index in [9.17, 15) is 4.79 Å². The van der Waals surface area contributed by atoms with Crippen LogP contribution in [0.4, 0.5) is 0 Å². The molecular formula is C22H28N2OS. The molecule has 0 spiro atoms. The van der Waals surface area contributed by atoms with Gasteiger partial charge >= 0.3 is 0 Å². The Bertz CT molecular complexity index is 740. The number of thioether (sulfide) groups is 1. The third-order valence-electron chi connectivity index (χ3n) is 7.21. The van der Waals surface area contributed by atoms with Crippen LogP contribution in [0, 0.1) is 24.2 Å². The van der Waals surface area contributed by atoms with Gasteiger partial charge in [-0.1, -0.05) is 41.6 Å². The Balaban J connectivity index is 1.39. The zero-order chi connectivity index (χ0) is 17.8. The van der Waals surface area contributed by atoms with Gasteiger partial charge in [-0.15, -0.1) is 0 Å². The highest BCUT2D eigenvalue weighted by atomic mass is 32.2. The average molecular weight is 369 g/mol. The summed E-state index contributed by atoms with van der Waals surface area (Å²) in [5, 5.41) is 3.93. The lowest BCUT2D eigenvalue weighted by Gasteiger charge is -2.62. The summed E-state index contributed by atoms with van der Waals surface area (Å²) in [4.78, 5) is 17.2. The summed E-state index contributed by atoms with van der Waals surface area (Å²) in [7, 11) is 0. The van der Waals surface area contributed by atoms with E-state index in [1.165, 1.54) is 49.7 Å². The van der Waals surface area contributed by atoms with Crippen molar-refractivity contribution in [1.29, 1.82) is 0 Å². The molecule has 4 heteroatoms. The Hall–Kier alpha value is -1.29. The van der Waals surface area contributed by atoms with Gasteiger partial charge in [-0.3, -0.25) is 9.79 Å². The number of aryl methyl sites for hydroxylation is 1. The Morgan fingerprint density at radius 3 is 2.58 bits per heavy atom. The largest absolute Gasteiger partial charge is 0.305 e. The first-order valence-corrected chi connectivity index (χ1v) is 11.1. The first kappa shape index (κ1) is 16.9. The van der Waals surface area contributed by atoms with Crippen molar-refractivity contribution < 1.29 is 4.79 Å². The number of amides is 1. The molecule has 1 aromatic rings. The molecule has 1 aromatic carbocycles. The maximum atomic E-state index is 12.8. The number of hydrogen-bond acceptors (Lipinski definition) is 3. The number of benzene rings is 1. The predicted molar refractivity (Wildman–Crippen MR) is 107 cm³/mol. The van der Waals surface area contributed by atoms with Gasteiger partial charge < -0.3 is 5.32 Å². The monoisotopic (exact) mass is 368 g/mol. The lowest BCUT2D eigenvalue weighted by Crippen LogP contribution is -2.55. The molecule has 4 saturated carbocycles. The van der Waals surface area contributed by atoms with Crippen LogP contribution in [-0.4, -0.2) is 23.4 Å². The quantitative estimate of drug-likeness (QED) is 0.857. The van der Waals surface area contributed by atoms with Crippen molar-refractivity contribution in [2.45, 2.75) is 57.3 Å². The summed E-state index contributed by atoms with van der Waals surface area (Å²) >= 11 is 1.68. The highest BCUT2D eigenvalue weighted by Crippen LogP contribution is 2.66. The summed E-state index contributed by atoms with van der Waals surface area (Å²) in [6.07, 6.45) is 8.45. The zero-order valence-electron chi connectivity index (χ0n) is 15.6. The van der Waals surface area contributed by atoms with Crippen LogP contribution in [0.25, 0.3) is 0 Å². The molecule has 26 heavy (non-hydrogen) atoms. The molecule has 1 heterocycles. The van der Waals surface area contributed by atoms with Gasteiger partial charge in [-0.25, -0.2) is 0 Å². The fraction of sp³-hybridized carbons (Fsp3) is 0.636. The fourth-order valence-electron chi connectivity index (χ4n) is 6.82. The highest BCUT2D eigenvalue weighted by molar-refractivity contribution is 8.14. The summed E-state index contributed by atoms with van der Waals surface area (Å²) in [5.41, 5.74) is 3.39. The Morgan fingerprint density at radius 2 is 1.92 bits per heavy atom. The standard InChI is InChI=1S/C22H28N2OS/c1-15-2-4-18(5-3-15)22-11-16-8-17(12-22)10-21(9-16,14-22)13-19(25)24-20-23-6-7-26-20/h2-5,16-17H,6-14H2,1H3,(H,23,24,25). The van der Waals surface area contributed by atoms with Gasteiger partial charge in [-0.2, -0.15) is 0 Å². The second-order valence-corrected chi connectivity index (χ2v) is 10.5. The lowest BCUT2D eigenvalue weighted by molar-refractivity contribution is -0.129. The molecule has 1 amide bonds. The van der Waals surface area contributed by atoms with Gasteiger partial charge in [0.1, 0.15) is 0 Å². The Labute approximate surface area is 160 Å². The number of carbonyl (C=O) groups is 1. The number of amidine groups is 1. The van der Waals surface area contributed by atoms with Gasteiger partial charge in [0.15, 0.2) is 5.17 Å². The van der Waals surface area contributed by atoms with Gasteiger partial charge in [0.05, 0.1) is 6.54 Å². The first-order valence-electron chi connectivity index (χ1n) is 10.1. The third-order valence-corrected chi connectivity index (χ3v) is 8.10. The Morgan fingerprint density at radius 1 is 1.19 bits per heavy atom. The number of hydrogen-bond donors (Lipinski definition) is 1. The van der Waals surface area contributed by atoms with Crippen LogP contribution in [0.2, 0.25) is 0 Å². The molecular weight excluding hydrogens is 340 g/mol. The maximum absolute atomic E-state index is 12.8. The summed E-state index contributed by atoms with van der Waals surface area (Å²) in [6, 6.07) is 9.26. The minimum absolute atomic E-state index is 0.194. The van der Waals surface area contributed by atoms with E-state index in [-0.39, 0.29) is 11.3 Å². The van der Waals surface area contributed by atoms with E-state index >= 15 is 0 Å². The molecule has 4 fully saturated rings. The summed E-state index contributed by atoms with van der Waals surface area (Å²) in [6.45, 7) is 3.01. The topological polar surface area (TPSA) is 41.5 Å². The SMILES string of the molecule is Cc1ccc(C23CC4CC(CC(CC(=O)NC5=NCCS5)(C4)C2)C3)cc1. The molecule has 2 unspecified atom stereocenters. The van der Waals surface area contributed by atoms with E-state index < -0.39 is 0 Å². The van der Waals surface area contributed by atoms with Crippen molar-refractivity contribution in [2.75, 3.05) is 12.3 Å². The molecule has 138 valence electrons. The van der Waals surface area contributed by atoms with Crippen molar-refractivity contribution in [1.82, 2.24) is 5.32 Å². The smallest absolute Gasteiger partial charge is 0.226 e. The molecule has 0 saturated heterocycles. The van der Waals surface area contributed by atoms with E-state index in [1.807, 2.05) is 0 Å². The normalized spacial score (nSPS) is 37.7. The summed E-state index contributed by atoms with van der Waals surface area (Å²) in [5.74, 6) is 2.81. The first-order chi connectivity index (χ1) is 12.5. The average Bonchev–Trinajstić information content (AvgIpc) is 3.06. The van der Waals surface area contributed by atoms with Crippen LogP contribution in [-0.2, 0) is 10.2 Å². The number of nitrogens with one attached hydrogen (secondary N) is 1. The minimum atomic E-state index is 0.194. The Kier molecular flexibility index (Phi) is 3.97. The molecule has 0 aromatic heterocycles. The van der Waals surface area contributed by atoms with Crippen molar-refractivity contribution >= 4 is 22.8 Å². The molecule has 4 aliphatic carbocycles. The van der Waals surface area contributed by atoms with Crippen molar-refractivity contribution in [3.63, 3.8) is 0 Å². The number of nitrogens with zero attached hydrogens (tertiary/aromatic N) is 1. The number of aliphatic imine (C=N–C) groups is 1. The van der Waals surface area contributed by atoms with Crippen LogP contribution in [0.1, 0.15) is 56.1 Å². The predicted octanol–water partition coefficient (Wildman–Crippen LogP) is 4.44. The van der Waals surface area contributed by atoms with Crippen molar-refractivity contribution in [3.8, 4) is 0 Å². The van der Waals surface area contributed by atoms with Crippen LogP contribution >= 0.6 is 11.8 Å². The van der Waals surface area contributed by atoms with Gasteiger partial charge in [0.2, 0.25) is 5.91 Å². The zero-order valence-corrected chi connectivity index (χ0v) is 16.4. The van der Waals surface area contributed by atoms with Gasteiger partial charge in [0, 0.05) is 12.2 Å². The van der Waals surface area contributed by atoms with Crippen LogP contribution in [0.5, 0.6) is 0 Å². The molecule has 2 atom stereocenters. The number of rotatable bonds is 3. The lowest BCUT2D eigenvalue weighted by atomic mass is 9.42. The van der Waals surface area contributed by atoms with Crippen molar-refractivity contribution in [2.24, 2.45) is 22.2 Å². The molecule has 3 nitrogen and oxygen atoms in total. The van der Waals surface area contributed by atoms with E-state index in [2.05, 4.69) is 41.5 Å². The van der Waals surface area contributed by atoms with Gasteiger partial charge in [0.25, 0.3) is 0 Å². The van der Waals surface area contributed by atoms with E-state index in [1.54, 1.807) is 11.8 Å². The van der Waals surface area contributed by atoms with Crippen LogP contribution < -0.4 is 5.32 Å². The number of carbonyl (C=O) groups excluding carboxylic acids is 1. The molecule has 6 rings (SSSR count). The van der Waals surface area contributed by atoms with Crippen LogP contribution in [0.15, 0.2) is 29.3 Å². The molecule has 5 aliphatic rings. The molecule has 1 N–H and O–H groups in total. The second kappa shape index (κ2) is 6.12.